The highest BCUT2D eigenvalue weighted by Gasteiger charge is 2.31. The first kappa shape index (κ1) is 19.7. The van der Waals surface area contributed by atoms with Crippen molar-refractivity contribution in [3.05, 3.63) is 48.3 Å². The van der Waals surface area contributed by atoms with Crippen LogP contribution in [0.3, 0.4) is 0 Å². The topological polar surface area (TPSA) is 76.6 Å². The van der Waals surface area contributed by atoms with Crippen molar-refractivity contribution >= 4 is 6.03 Å². The van der Waals surface area contributed by atoms with E-state index in [2.05, 4.69) is 20.0 Å². The third kappa shape index (κ3) is 6.00. The number of hydrogen-bond donors (Lipinski definition) is 1. The second-order valence-corrected chi connectivity index (χ2v) is 6.19. The lowest BCUT2D eigenvalue weighted by Crippen LogP contribution is -2.46. The average molecular weight is 396 g/mol. The van der Waals surface area contributed by atoms with Crippen molar-refractivity contribution in [1.29, 1.82) is 0 Å². The Bertz CT molecular complexity index is 781. The van der Waals surface area contributed by atoms with E-state index < -0.39 is 6.36 Å². The zero-order valence-corrected chi connectivity index (χ0v) is 14.9. The summed E-state index contributed by atoms with van der Waals surface area (Å²) in [7, 11) is 0. The lowest BCUT2D eigenvalue weighted by molar-refractivity contribution is -0.274. The lowest BCUT2D eigenvalue weighted by Gasteiger charge is -2.31. The second-order valence-electron chi connectivity index (χ2n) is 6.19. The van der Waals surface area contributed by atoms with Crippen LogP contribution in [-0.4, -0.2) is 46.5 Å². The Hall–Kier alpha value is -3.04. The molecule has 2 aromatic rings. The van der Waals surface area contributed by atoms with Gasteiger partial charge in [0.05, 0.1) is 0 Å². The van der Waals surface area contributed by atoms with Crippen LogP contribution >= 0.6 is 0 Å². The maximum atomic E-state index is 12.3. The number of amides is 2. The van der Waals surface area contributed by atoms with Crippen LogP contribution < -0.4 is 14.8 Å². The minimum absolute atomic E-state index is 0.0670. The molecule has 10 heteroatoms. The molecule has 1 aromatic carbocycles. The summed E-state index contributed by atoms with van der Waals surface area (Å²) < 4.78 is 46.4. The highest BCUT2D eigenvalue weighted by atomic mass is 19.4. The number of carbonyl (C=O) groups is 1. The molecule has 1 saturated heterocycles. The summed E-state index contributed by atoms with van der Waals surface area (Å²) in [5.74, 6) is -0.319. The number of hydrogen-bond acceptors (Lipinski definition) is 5. The maximum absolute atomic E-state index is 12.3. The summed E-state index contributed by atoms with van der Waals surface area (Å²) in [6.07, 6.45) is -0.345. The molecule has 0 radical (unpaired) electrons. The van der Waals surface area contributed by atoms with Crippen molar-refractivity contribution in [3.63, 3.8) is 0 Å². The van der Waals surface area contributed by atoms with E-state index in [4.69, 9.17) is 4.74 Å². The van der Waals surface area contributed by atoms with E-state index in [1.54, 1.807) is 29.4 Å². The van der Waals surface area contributed by atoms with Crippen LogP contribution in [0.4, 0.5) is 18.0 Å². The highest BCUT2D eigenvalue weighted by Crippen LogP contribution is 2.23. The molecule has 1 aliphatic rings. The molecule has 0 spiro atoms. The van der Waals surface area contributed by atoms with Gasteiger partial charge in [-0.1, -0.05) is 12.1 Å². The minimum Gasteiger partial charge on any atom is -0.460 e. The molecule has 28 heavy (non-hydrogen) atoms. The third-order valence-electron chi connectivity index (χ3n) is 4.12. The molecule has 1 N–H and O–H groups in total. The fourth-order valence-electron chi connectivity index (χ4n) is 2.81. The number of alkyl halides is 3. The monoisotopic (exact) mass is 396 g/mol. The summed E-state index contributed by atoms with van der Waals surface area (Å²) in [5, 5.41) is 2.71. The fraction of sp³-hybridized carbons (Fsp3) is 0.389. The number of rotatable bonds is 5. The van der Waals surface area contributed by atoms with Crippen molar-refractivity contribution in [3.8, 4) is 11.8 Å². The van der Waals surface area contributed by atoms with Crippen molar-refractivity contribution in [2.45, 2.75) is 31.9 Å². The van der Waals surface area contributed by atoms with Crippen LogP contribution in [0, 0.1) is 0 Å². The molecule has 0 atom stereocenters. The van der Waals surface area contributed by atoms with Crippen molar-refractivity contribution in [2.24, 2.45) is 0 Å². The SMILES string of the molecule is O=C(NCc1cccc(OC(F)(F)F)c1)N1CCC(Oc2ncccn2)CC1. The molecule has 7 nitrogen and oxygen atoms in total. The van der Waals surface area contributed by atoms with Crippen molar-refractivity contribution in [1.82, 2.24) is 20.2 Å². The number of urea groups is 1. The third-order valence-corrected chi connectivity index (χ3v) is 4.12. The Morgan fingerprint density at radius 1 is 1.18 bits per heavy atom. The number of carbonyl (C=O) groups excluding carboxylic acids is 1. The summed E-state index contributed by atoms with van der Waals surface area (Å²) in [6.45, 7) is 1.10. The Balaban J connectivity index is 1.44. The molecule has 0 saturated carbocycles. The van der Waals surface area contributed by atoms with Gasteiger partial charge in [-0.15, -0.1) is 13.2 Å². The fourth-order valence-corrected chi connectivity index (χ4v) is 2.81. The van der Waals surface area contributed by atoms with E-state index in [9.17, 15) is 18.0 Å². The first-order valence-electron chi connectivity index (χ1n) is 8.70. The van der Waals surface area contributed by atoms with Gasteiger partial charge in [0, 0.05) is 44.9 Å². The first-order valence-corrected chi connectivity index (χ1v) is 8.70. The number of nitrogens with zero attached hydrogens (tertiary/aromatic N) is 3. The Morgan fingerprint density at radius 3 is 2.57 bits per heavy atom. The van der Waals surface area contributed by atoms with Crippen LogP contribution in [0.2, 0.25) is 0 Å². The summed E-state index contributed by atoms with van der Waals surface area (Å²) in [5.41, 5.74) is 0.509. The molecular weight excluding hydrogens is 377 g/mol. The highest BCUT2D eigenvalue weighted by molar-refractivity contribution is 5.74. The number of halogens is 3. The predicted octanol–water partition coefficient (Wildman–Crippen LogP) is 3.13. The normalized spacial score (nSPS) is 15.2. The molecule has 1 aliphatic heterocycles. The second kappa shape index (κ2) is 8.77. The number of piperidine rings is 1. The van der Waals surface area contributed by atoms with Gasteiger partial charge in [0.25, 0.3) is 0 Å². The largest absolute Gasteiger partial charge is 0.573 e. The van der Waals surface area contributed by atoms with Crippen LogP contribution in [0.1, 0.15) is 18.4 Å². The van der Waals surface area contributed by atoms with E-state index in [0.29, 0.717) is 37.5 Å². The number of likely N-dealkylation sites (tertiary alicyclic amines) is 1. The van der Waals surface area contributed by atoms with Crippen LogP contribution in [0.5, 0.6) is 11.8 Å². The van der Waals surface area contributed by atoms with E-state index in [1.807, 2.05) is 0 Å². The van der Waals surface area contributed by atoms with Crippen LogP contribution in [0.15, 0.2) is 42.7 Å². The van der Waals surface area contributed by atoms with Gasteiger partial charge >= 0.3 is 18.4 Å². The summed E-state index contributed by atoms with van der Waals surface area (Å²) >= 11 is 0. The van der Waals surface area contributed by atoms with Gasteiger partial charge in [0.15, 0.2) is 0 Å². The standard InChI is InChI=1S/C18H19F3N4O3/c19-18(20,21)28-15-4-1-3-13(11-15)12-24-17(26)25-9-5-14(6-10-25)27-16-22-7-2-8-23-16/h1-4,7-8,11,14H,5-6,9-10,12H2,(H,24,26). The van der Waals surface area contributed by atoms with E-state index in [1.165, 1.54) is 18.2 Å². The minimum atomic E-state index is -4.75. The Labute approximate surface area is 159 Å². The first-order chi connectivity index (χ1) is 13.4. The summed E-state index contributed by atoms with van der Waals surface area (Å²) in [4.78, 5) is 22.0. The summed E-state index contributed by atoms with van der Waals surface area (Å²) in [6, 6.07) is 7.24. The van der Waals surface area contributed by atoms with E-state index >= 15 is 0 Å². The molecule has 0 aliphatic carbocycles. The Morgan fingerprint density at radius 2 is 1.89 bits per heavy atom. The van der Waals surface area contributed by atoms with Gasteiger partial charge in [0.1, 0.15) is 11.9 Å². The molecule has 0 bridgehead atoms. The molecule has 150 valence electrons. The van der Waals surface area contributed by atoms with Crippen LogP contribution in [0.25, 0.3) is 0 Å². The molecule has 3 rings (SSSR count). The maximum Gasteiger partial charge on any atom is 0.573 e. The molecule has 1 aromatic heterocycles. The zero-order valence-electron chi connectivity index (χ0n) is 14.9. The molecule has 0 unspecified atom stereocenters. The number of nitrogens with one attached hydrogen (secondary N) is 1. The molecule has 2 heterocycles. The van der Waals surface area contributed by atoms with Gasteiger partial charge in [-0.25, -0.2) is 14.8 Å². The Kier molecular flexibility index (Phi) is 6.17. The van der Waals surface area contributed by atoms with E-state index in [-0.39, 0.29) is 24.4 Å². The van der Waals surface area contributed by atoms with Crippen LogP contribution in [-0.2, 0) is 6.54 Å². The predicted molar refractivity (Wildman–Crippen MR) is 92.6 cm³/mol. The van der Waals surface area contributed by atoms with Gasteiger partial charge in [-0.2, -0.15) is 0 Å². The van der Waals surface area contributed by atoms with Crippen molar-refractivity contribution < 1.29 is 27.4 Å². The number of benzene rings is 1. The van der Waals surface area contributed by atoms with Gasteiger partial charge in [-0.3, -0.25) is 0 Å². The van der Waals surface area contributed by atoms with Gasteiger partial charge in [-0.05, 0) is 23.8 Å². The molecule has 1 fully saturated rings. The zero-order chi connectivity index (χ0) is 20.0. The van der Waals surface area contributed by atoms with Gasteiger partial charge in [0.2, 0.25) is 0 Å². The number of aromatic nitrogens is 2. The van der Waals surface area contributed by atoms with Crippen molar-refractivity contribution in [2.75, 3.05) is 13.1 Å². The number of ether oxygens (including phenoxy) is 2. The average Bonchev–Trinajstić information content (AvgIpc) is 2.66. The quantitative estimate of drug-likeness (QED) is 0.840. The molecule has 2 amide bonds. The molecular formula is C18H19F3N4O3. The lowest BCUT2D eigenvalue weighted by atomic mass is 10.1. The van der Waals surface area contributed by atoms with Gasteiger partial charge < -0.3 is 19.7 Å². The smallest absolute Gasteiger partial charge is 0.460 e. The van der Waals surface area contributed by atoms with E-state index in [0.717, 1.165) is 0 Å².